The van der Waals surface area contributed by atoms with E-state index in [-0.39, 0.29) is 36.8 Å². The van der Waals surface area contributed by atoms with Gasteiger partial charge in [0.15, 0.2) is 17.6 Å². The number of nitrogens with zero attached hydrogens (tertiary/aromatic N) is 2. The molecule has 2 aliphatic rings. The Labute approximate surface area is 168 Å². The zero-order valence-electron chi connectivity index (χ0n) is 16.2. The molecule has 0 radical (unpaired) electrons. The number of hydrogen-bond donors (Lipinski definition) is 0. The molecule has 0 aliphatic carbocycles. The van der Waals surface area contributed by atoms with Crippen molar-refractivity contribution in [3.63, 3.8) is 0 Å². The Kier molecular flexibility index (Phi) is 5.20. The number of carbonyl (C=O) groups is 3. The highest BCUT2D eigenvalue weighted by Crippen LogP contribution is 2.31. The molecule has 2 aromatic carbocycles. The van der Waals surface area contributed by atoms with Crippen LogP contribution in [0.3, 0.4) is 0 Å². The van der Waals surface area contributed by atoms with Crippen LogP contribution in [-0.4, -0.2) is 59.9 Å². The lowest BCUT2D eigenvalue weighted by Crippen LogP contribution is -2.44. The van der Waals surface area contributed by atoms with E-state index in [1.165, 1.54) is 0 Å². The van der Waals surface area contributed by atoms with Crippen LogP contribution in [0.4, 0.5) is 0 Å². The van der Waals surface area contributed by atoms with Crippen LogP contribution >= 0.6 is 0 Å². The first-order valence-corrected chi connectivity index (χ1v) is 9.70. The van der Waals surface area contributed by atoms with E-state index in [4.69, 9.17) is 9.47 Å². The third kappa shape index (κ3) is 3.68. The Morgan fingerprint density at radius 2 is 1.66 bits per heavy atom. The van der Waals surface area contributed by atoms with Gasteiger partial charge in [-0.25, -0.2) is 0 Å². The first-order chi connectivity index (χ1) is 14.1. The Morgan fingerprint density at radius 1 is 1.03 bits per heavy atom. The zero-order valence-corrected chi connectivity index (χ0v) is 16.2. The number of ether oxygens (including phenoxy) is 2. The SMILES string of the molecule is CCN(C[C@@H]1COc2ccccc2O1)C(=O)CCN1C(=O)c2ccccc2C1=O. The second-order valence-corrected chi connectivity index (χ2v) is 6.99. The Morgan fingerprint density at radius 3 is 2.31 bits per heavy atom. The van der Waals surface area contributed by atoms with E-state index in [1.807, 2.05) is 31.2 Å². The normalized spacial score (nSPS) is 17.3. The maximum atomic E-state index is 12.7. The summed E-state index contributed by atoms with van der Waals surface area (Å²) >= 11 is 0. The van der Waals surface area contributed by atoms with Crippen molar-refractivity contribution in [1.82, 2.24) is 9.80 Å². The summed E-state index contributed by atoms with van der Waals surface area (Å²) in [5, 5.41) is 0. The number of para-hydroxylation sites is 2. The van der Waals surface area contributed by atoms with Crippen LogP contribution in [0.5, 0.6) is 11.5 Å². The van der Waals surface area contributed by atoms with Gasteiger partial charge in [0, 0.05) is 19.5 Å². The fraction of sp³-hybridized carbons (Fsp3) is 0.318. The molecule has 0 saturated carbocycles. The quantitative estimate of drug-likeness (QED) is 0.703. The number of imide groups is 1. The standard InChI is InChI=1S/C22H22N2O5/c1-2-23(13-15-14-28-18-9-5-6-10-19(18)29-15)20(25)11-12-24-21(26)16-7-3-4-8-17(16)22(24)27/h3-10,15H,2,11-14H2,1H3/t15-/m1/s1. The number of rotatable bonds is 6. The molecule has 1 atom stereocenters. The fourth-order valence-electron chi connectivity index (χ4n) is 3.61. The van der Waals surface area contributed by atoms with Crippen molar-refractivity contribution in [3.8, 4) is 11.5 Å². The minimum Gasteiger partial charge on any atom is -0.486 e. The van der Waals surface area contributed by atoms with Gasteiger partial charge in [-0.05, 0) is 31.2 Å². The first-order valence-electron chi connectivity index (χ1n) is 9.70. The molecule has 0 saturated heterocycles. The molecule has 2 heterocycles. The lowest BCUT2D eigenvalue weighted by molar-refractivity contribution is -0.132. The largest absolute Gasteiger partial charge is 0.486 e. The van der Waals surface area contributed by atoms with E-state index in [0.29, 0.717) is 42.3 Å². The third-order valence-electron chi connectivity index (χ3n) is 5.15. The molecule has 3 amide bonds. The van der Waals surface area contributed by atoms with Crippen LogP contribution in [0.2, 0.25) is 0 Å². The summed E-state index contributed by atoms with van der Waals surface area (Å²) in [4.78, 5) is 40.4. The molecule has 0 unspecified atom stereocenters. The van der Waals surface area contributed by atoms with E-state index < -0.39 is 0 Å². The second kappa shape index (κ2) is 7.95. The molecule has 0 bridgehead atoms. The highest BCUT2D eigenvalue weighted by atomic mass is 16.6. The van der Waals surface area contributed by atoms with E-state index in [1.54, 1.807) is 29.2 Å². The zero-order chi connectivity index (χ0) is 20.4. The summed E-state index contributed by atoms with van der Waals surface area (Å²) in [5.41, 5.74) is 0.785. The summed E-state index contributed by atoms with van der Waals surface area (Å²) < 4.78 is 11.6. The molecule has 2 aromatic rings. The fourth-order valence-corrected chi connectivity index (χ4v) is 3.61. The maximum absolute atomic E-state index is 12.7. The molecule has 0 spiro atoms. The molecule has 150 valence electrons. The lowest BCUT2D eigenvalue weighted by atomic mass is 10.1. The molecule has 29 heavy (non-hydrogen) atoms. The molecule has 0 N–H and O–H groups in total. The Balaban J connectivity index is 1.34. The van der Waals surface area contributed by atoms with Crippen molar-refractivity contribution in [2.45, 2.75) is 19.4 Å². The van der Waals surface area contributed by atoms with Gasteiger partial charge in [0.25, 0.3) is 11.8 Å². The van der Waals surface area contributed by atoms with E-state index in [2.05, 4.69) is 0 Å². The minimum atomic E-state index is -0.345. The van der Waals surface area contributed by atoms with E-state index in [9.17, 15) is 14.4 Å². The molecular weight excluding hydrogens is 372 g/mol. The van der Waals surface area contributed by atoms with Crippen LogP contribution in [0.25, 0.3) is 0 Å². The van der Waals surface area contributed by atoms with Crippen LogP contribution < -0.4 is 9.47 Å². The molecular formula is C22H22N2O5. The smallest absolute Gasteiger partial charge is 0.261 e. The monoisotopic (exact) mass is 394 g/mol. The molecule has 0 aromatic heterocycles. The van der Waals surface area contributed by atoms with Crippen molar-refractivity contribution in [1.29, 1.82) is 0 Å². The topological polar surface area (TPSA) is 76.2 Å². The number of fused-ring (bicyclic) bond motifs is 2. The Bertz CT molecular complexity index is 923. The highest BCUT2D eigenvalue weighted by Gasteiger charge is 2.35. The van der Waals surface area contributed by atoms with Gasteiger partial charge in [-0.3, -0.25) is 19.3 Å². The van der Waals surface area contributed by atoms with Gasteiger partial charge in [0.05, 0.1) is 17.7 Å². The summed E-state index contributed by atoms with van der Waals surface area (Å²) in [5.74, 6) is 0.540. The van der Waals surface area contributed by atoms with Crippen LogP contribution in [0, 0.1) is 0 Å². The van der Waals surface area contributed by atoms with Crippen molar-refractivity contribution in [3.05, 3.63) is 59.7 Å². The highest BCUT2D eigenvalue weighted by molar-refractivity contribution is 6.21. The van der Waals surface area contributed by atoms with Crippen LogP contribution in [0.1, 0.15) is 34.1 Å². The Hall–Kier alpha value is -3.35. The molecule has 7 nitrogen and oxygen atoms in total. The van der Waals surface area contributed by atoms with Crippen molar-refractivity contribution in [2.75, 3.05) is 26.2 Å². The maximum Gasteiger partial charge on any atom is 0.261 e. The van der Waals surface area contributed by atoms with Gasteiger partial charge in [-0.2, -0.15) is 0 Å². The molecule has 7 heteroatoms. The van der Waals surface area contributed by atoms with Gasteiger partial charge >= 0.3 is 0 Å². The average Bonchev–Trinajstić information content (AvgIpc) is 3.00. The molecule has 2 aliphatic heterocycles. The van der Waals surface area contributed by atoms with Crippen molar-refractivity contribution < 1.29 is 23.9 Å². The van der Waals surface area contributed by atoms with Crippen molar-refractivity contribution >= 4 is 17.7 Å². The van der Waals surface area contributed by atoms with Gasteiger partial charge in [0.1, 0.15) is 6.61 Å². The molecule has 4 rings (SSSR count). The summed E-state index contributed by atoms with van der Waals surface area (Å²) in [6.07, 6.45) is -0.197. The first kappa shape index (κ1) is 19.0. The third-order valence-corrected chi connectivity index (χ3v) is 5.15. The number of amides is 3. The van der Waals surface area contributed by atoms with Gasteiger partial charge in [0.2, 0.25) is 5.91 Å². The van der Waals surface area contributed by atoms with Crippen LogP contribution in [-0.2, 0) is 4.79 Å². The summed E-state index contributed by atoms with van der Waals surface area (Å²) in [6, 6.07) is 14.1. The number of hydrogen-bond acceptors (Lipinski definition) is 5. The van der Waals surface area contributed by atoms with Crippen LogP contribution in [0.15, 0.2) is 48.5 Å². The van der Waals surface area contributed by atoms with E-state index in [0.717, 1.165) is 4.90 Å². The lowest BCUT2D eigenvalue weighted by Gasteiger charge is -2.31. The number of likely N-dealkylation sites (N-methyl/N-ethyl adjacent to an activating group) is 1. The predicted octanol–water partition coefficient (Wildman–Crippen LogP) is 2.36. The minimum absolute atomic E-state index is 0.0620. The van der Waals surface area contributed by atoms with Gasteiger partial charge in [-0.15, -0.1) is 0 Å². The summed E-state index contributed by atoms with van der Waals surface area (Å²) in [6.45, 7) is 3.19. The van der Waals surface area contributed by atoms with Crippen molar-refractivity contribution in [2.24, 2.45) is 0 Å². The average molecular weight is 394 g/mol. The summed E-state index contributed by atoms with van der Waals surface area (Å²) in [7, 11) is 0. The van der Waals surface area contributed by atoms with E-state index >= 15 is 0 Å². The predicted molar refractivity (Wildman–Crippen MR) is 105 cm³/mol. The number of carbonyl (C=O) groups excluding carboxylic acids is 3. The molecule has 0 fully saturated rings. The second-order valence-electron chi connectivity index (χ2n) is 6.99. The van der Waals surface area contributed by atoms with Gasteiger partial charge < -0.3 is 14.4 Å². The number of benzene rings is 2. The van der Waals surface area contributed by atoms with Gasteiger partial charge in [-0.1, -0.05) is 24.3 Å².